The zero-order chi connectivity index (χ0) is 15.0. The maximum atomic E-state index is 12.3. The van der Waals surface area contributed by atoms with E-state index in [0.29, 0.717) is 6.54 Å². The van der Waals surface area contributed by atoms with Crippen molar-refractivity contribution in [3.05, 3.63) is 23.5 Å². The molecular formula is C15H21N3O2S. The van der Waals surface area contributed by atoms with Crippen LogP contribution in [0.25, 0.3) is 4.96 Å². The first kappa shape index (κ1) is 14.5. The SMILES string of the molecule is CC(C)(C)OC(=O)[C@H]1CCCN1Cc1cn2ccsc2n1. The first-order valence-corrected chi connectivity index (χ1v) is 8.18. The van der Waals surface area contributed by atoms with Crippen LogP contribution in [0.3, 0.4) is 0 Å². The highest BCUT2D eigenvalue weighted by Crippen LogP contribution is 2.23. The number of carbonyl (C=O) groups excluding carboxylic acids is 1. The number of imidazole rings is 1. The predicted molar refractivity (Wildman–Crippen MR) is 82.3 cm³/mol. The molecule has 0 spiro atoms. The lowest BCUT2D eigenvalue weighted by Gasteiger charge is -2.26. The highest BCUT2D eigenvalue weighted by Gasteiger charge is 2.34. The predicted octanol–water partition coefficient (Wildman–Crippen LogP) is 2.70. The number of nitrogens with zero attached hydrogens (tertiary/aromatic N) is 3. The van der Waals surface area contributed by atoms with E-state index >= 15 is 0 Å². The van der Waals surface area contributed by atoms with Crippen LogP contribution >= 0.6 is 11.3 Å². The van der Waals surface area contributed by atoms with E-state index in [-0.39, 0.29) is 12.0 Å². The van der Waals surface area contributed by atoms with E-state index in [1.165, 1.54) is 0 Å². The topological polar surface area (TPSA) is 46.8 Å². The van der Waals surface area contributed by atoms with Gasteiger partial charge in [-0.15, -0.1) is 11.3 Å². The molecule has 1 aliphatic heterocycles. The van der Waals surface area contributed by atoms with Crippen molar-refractivity contribution >= 4 is 22.3 Å². The molecule has 1 atom stereocenters. The van der Waals surface area contributed by atoms with Gasteiger partial charge in [-0.05, 0) is 40.2 Å². The van der Waals surface area contributed by atoms with Crippen molar-refractivity contribution < 1.29 is 9.53 Å². The Labute approximate surface area is 128 Å². The molecule has 0 aromatic carbocycles. The number of hydrogen-bond donors (Lipinski definition) is 0. The number of carbonyl (C=O) groups is 1. The van der Waals surface area contributed by atoms with Crippen molar-refractivity contribution in [2.45, 2.75) is 51.8 Å². The molecule has 21 heavy (non-hydrogen) atoms. The van der Waals surface area contributed by atoms with E-state index in [9.17, 15) is 4.79 Å². The van der Waals surface area contributed by atoms with Gasteiger partial charge in [0.15, 0.2) is 4.96 Å². The van der Waals surface area contributed by atoms with Crippen LogP contribution in [0, 0.1) is 0 Å². The normalized spacial score (nSPS) is 20.2. The number of rotatable bonds is 3. The number of likely N-dealkylation sites (tertiary alicyclic amines) is 1. The van der Waals surface area contributed by atoms with Gasteiger partial charge in [-0.2, -0.15) is 0 Å². The summed E-state index contributed by atoms with van der Waals surface area (Å²) < 4.78 is 7.56. The number of esters is 1. The minimum atomic E-state index is -0.428. The second kappa shape index (κ2) is 5.42. The Balaban J connectivity index is 1.69. The van der Waals surface area contributed by atoms with Gasteiger partial charge in [-0.1, -0.05) is 0 Å². The molecule has 2 aromatic rings. The van der Waals surface area contributed by atoms with Crippen molar-refractivity contribution in [3.8, 4) is 0 Å². The standard InChI is InChI=1S/C15H21N3O2S/c1-15(2,3)20-13(19)12-5-4-6-17(12)9-11-10-18-7-8-21-14(18)16-11/h7-8,10,12H,4-6,9H2,1-3H3/t12-/m1/s1. The van der Waals surface area contributed by atoms with E-state index in [2.05, 4.69) is 9.88 Å². The van der Waals surface area contributed by atoms with Crippen LogP contribution in [0.4, 0.5) is 0 Å². The van der Waals surface area contributed by atoms with E-state index in [4.69, 9.17) is 4.74 Å². The highest BCUT2D eigenvalue weighted by molar-refractivity contribution is 7.15. The Morgan fingerprint density at radius 3 is 3.05 bits per heavy atom. The Morgan fingerprint density at radius 1 is 1.52 bits per heavy atom. The molecule has 0 radical (unpaired) electrons. The smallest absolute Gasteiger partial charge is 0.323 e. The fourth-order valence-corrected chi connectivity index (χ4v) is 3.43. The fourth-order valence-electron chi connectivity index (χ4n) is 2.71. The maximum Gasteiger partial charge on any atom is 0.323 e. The molecule has 3 rings (SSSR count). The highest BCUT2D eigenvalue weighted by atomic mass is 32.1. The molecule has 0 aliphatic carbocycles. The first-order chi connectivity index (χ1) is 9.92. The quantitative estimate of drug-likeness (QED) is 0.818. The van der Waals surface area contributed by atoms with Crippen molar-refractivity contribution in [3.63, 3.8) is 0 Å². The van der Waals surface area contributed by atoms with Crippen LogP contribution < -0.4 is 0 Å². The number of fused-ring (bicyclic) bond motifs is 1. The van der Waals surface area contributed by atoms with Crippen molar-refractivity contribution in [2.75, 3.05) is 6.54 Å². The summed E-state index contributed by atoms with van der Waals surface area (Å²) >= 11 is 1.62. The number of hydrogen-bond acceptors (Lipinski definition) is 5. The molecule has 3 heterocycles. The average molecular weight is 307 g/mol. The Morgan fingerprint density at radius 2 is 2.33 bits per heavy atom. The zero-order valence-electron chi connectivity index (χ0n) is 12.7. The Kier molecular flexibility index (Phi) is 3.75. The summed E-state index contributed by atoms with van der Waals surface area (Å²) in [6.45, 7) is 7.36. The molecule has 2 aromatic heterocycles. The molecule has 0 unspecified atom stereocenters. The second-order valence-corrected chi connectivity index (χ2v) is 7.36. The third-order valence-corrected chi connectivity index (χ3v) is 4.32. The zero-order valence-corrected chi connectivity index (χ0v) is 13.5. The molecule has 0 N–H and O–H groups in total. The molecule has 6 heteroatoms. The lowest BCUT2D eigenvalue weighted by atomic mass is 10.1. The van der Waals surface area contributed by atoms with Crippen molar-refractivity contribution in [1.29, 1.82) is 0 Å². The minimum absolute atomic E-state index is 0.110. The van der Waals surface area contributed by atoms with Gasteiger partial charge in [0.1, 0.15) is 11.6 Å². The molecule has 114 valence electrons. The molecule has 5 nitrogen and oxygen atoms in total. The monoisotopic (exact) mass is 307 g/mol. The number of ether oxygens (including phenoxy) is 1. The van der Waals surface area contributed by atoms with Crippen LogP contribution in [0.15, 0.2) is 17.8 Å². The van der Waals surface area contributed by atoms with E-state index in [0.717, 1.165) is 30.0 Å². The Bertz CT molecular complexity index is 612. The maximum absolute atomic E-state index is 12.3. The van der Waals surface area contributed by atoms with Crippen LogP contribution in [0.2, 0.25) is 0 Å². The summed E-state index contributed by atoms with van der Waals surface area (Å²) in [6.07, 6.45) is 5.95. The van der Waals surface area contributed by atoms with Crippen LogP contribution in [-0.2, 0) is 16.1 Å². The van der Waals surface area contributed by atoms with Crippen molar-refractivity contribution in [1.82, 2.24) is 14.3 Å². The summed E-state index contributed by atoms with van der Waals surface area (Å²) in [5.41, 5.74) is 0.583. The summed E-state index contributed by atoms with van der Waals surface area (Å²) in [6, 6.07) is -0.135. The first-order valence-electron chi connectivity index (χ1n) is 7.30. The second-order valence-electron chi connectivity index (χ2n) is 6.49. The molecule has 0 saturated carbocycles. The van der Waals surface area contributed by atoms with Gasteiger partial charge in [0.05, 0.1) is 5.69 Å². The molecule has 0 bridgehead atoms. The summed E-state index contributed by atoms with van der Waals surface area (Å²) in [5, 5.41) is 2.02. The molecular weight excluding hydrogens is 286 g/mol. The number of thiazole rings is 1. The van der Waals surface area contributed by atoms with Crippen LogP contribution in [0.1, 0.15) is 39.3 Å². The Hall–Kier alpha value is -1.40. The molecule has 1 fully saturated rings. The van der Waals surface area contributed by atoms with Gasteiger partial charge in [0.2, 0.25) is 0 Å². The lowest BCUT2D eigenvalue weighted by molar-refractivity contribution is -0.160. The molecule has 1 saturated heterocycles. The van der Waals surface area contributed by atoms with Gasteiger partial charge >= 0.3 is 5.97 Å². The van der Waals surface area contributed by atoms with Gasteiger partial charge < -0.3 is 4.74 Å². The van der Waals surface area contributed by atoms with E-state index in [1.54, 1.807) is 11.3 Å². The van der Waals surface area contributed by atoms with E-state index in [1.807, 2.05) is 42.9 Å². The van der Waals surface area contributed by atoms with Gasteiger partial charge in [-0.3, -0.25) is 14.1 Å². The summed E-state index contributed by atoms with van der Waals surface area (Å²) in [7, 11) is 0. The van der Waals surface area contributed by atoms with Crippen LogP contribution in [-0.4, -0.2) is 38.4 Å². The van der Waals surface area contributed by atoms with E-state index < -0.39 is 5.60 Å². The summed E-state index contributed by atoms with van der Waals surface area (Å²) in [4.78, 5) is 20.1. The molecule has 1 aliphatic rings. The van der Waals surface area contributed by atoms with Gasteiger partial charge in [0, 0.05) is 24.3 Å². The average Bonchev–Trinajstić information content (AvgIpc) is 3.01. The third kappa shape index (κ3) is 3.27. The minimum Gasteiger partial charge on any atom is -0.459 e. The lowest BCUT2D eigenvalue weighted by Crippen LogP contribution is -2.40. The largest absolute Gasteiger partial charge is 0.459 e. The van der Waals surface area contributed by atoms with Gasteiger partial charge in [-0.25, -0.2) is 4.98 Å². The third-order valence-electron chi connectivity index (χ3n) is 3.55. The summed E-state index contributed by atoms with van der Waals surface area (Å²) in [5.74, 6) is -0.110. The van der Waals surface area contributed by atoms with Crippen molar-refractivity contribution in [2.24, 2.45) is 0 Å². The molecule has 0 amide bonds. The number of aromatic nitrogens is 2. The fraction of sp³-hybridized carbons (Fsp3) is 0.600. The van der Waals surface area contributed by atoms with Crippen LogP contribution in [0.5, 0.6) is 0 Å². The van der Waals surface area contributed by atoms with Gasteiger partial charge in [0.25, 0.3) is 0 Å².